The van der Waals surface area contributed by atoms with Gasteiger partial charge in [0.15, 0.2) is 0 Å². The molecular weight excluding hydrogens is 228 g/mol. The van der Waals surface area contributed by atoms with Crippen molar-refractivity contribution >= 4 is 11.6 Å². The molecule has 2 unspecified atom stereocenters. The smallest absolute Gasteiger partial charge is 0.0440 e. The third-order valence-electron chi connectivity index (χ3n) is 5.28. The first kappa shape index (κ1) is 10.2. The molecule has 0 aliphatic heterocycles. The van der Waals surface area contributed by atoms with E-state index in [4.69, 9.17) is 11.6 Å². The zero-order valence-electron chi connectivity index (χ0n) is 10.0. The first-order chi connectivity index (χ1) is 8.27. The highest BCUT2D eigenvalue weighted by Crippen LogP contribution is 2.58. The predicted molar refractivity (Wildman–Crippen MR) is 71.3 cm³/mol. The lowest BCUT2D eigenvalue weighted by atomic mass is 9.64. The van der Waals surface area contributed by atoms with Crippen molar-refractivity contribution in [2.45, 2.75) is 38.5 Å². The lowest BCUT2D eigenvalue weighted by molar-refractivity contribution is 0.168. The van der Waals surface area contributed by atoms with Gasteiger partial charge in [0.1, 0.15) is 0 Å². The van der Waals surface area contributed by atoms with E-state index in [0.29, 0.717) is 5.41 Å². The maximum absolute atomic E-state index is 6.30. The van der Waals surface area contributed by atoms with Crippen LogP contribution in [0.1, 0.15) is 36.8 Å². The highest BCUT2D eigenvalue weighted by molar-refractivity contribution is 6.31. The standard InChI is InChI=1S/C16H17Cl/c17-15-3-1-2-12-10-16(7-6-14(12)15)9-11-4-5-13(16)8-11/h1-4,13H,5-10H2. The second-order valence-electron chi connectivity index (χ2n) is 6.09. The van der Waals surface area contributed by atoms with Gasteiger partial charge in [-0.1, -0.05) is 35.4 Å². The number of halogens is 1. The van der Waals surface area contributed by atoms with E-state index >= 15 is 0 Å². The molecule has 3 aliphatic rings. The lowest BCUT2D eigenvalue weighted by Crippen LogP contribution is -2.33. The van der Waals surface area contributed by atoms with E-state index in [1.54, 1.807) is 5.57 Å². The minimum atomic E-state index is 0.599. The van der Waals surface area contributed by atoms with Crippen LogP contribution < -0.4 is 0 Å². The summed E-state index contributed by atoms with van der Waals surface area (Å²) in [6.07, 6.45) is 10.4. The summed E-state index contributed by atoms with van der Waals surface area (Å²) in [7, 11) is 0. The molecule has 2 atom stereocenters. The second-order valence-corrected chi connectivity index (χ2v) is 6.50. The number of allylic oxidation sites excluding steroid dienone is 2. The zero-order chi connectivity index (χ0) is 11.5. The molecule has 17 heavy (non-hydrogen) atoms. The van der Waals surface area contributed by atoms with Gasteiger partial charge in [0.05, 0.1) is 0 Å². The third-order valence-corrected chi connectivity index (χ3v) is 5.63. The van der Waals surface area contributed by atoms with E-state index in [1.807, 2.05) is 6.07 Å². The van der Waals surface area contributed by atoms with Crippen LogP contribution in [0.5, 0.6) is 0 Å². The van der Waals surface area contributed by atoms with E-state index in [1.165, 1.54) is 49.7 Å². The summed E-state index contributed by atoms with van der Waals surface area (Å²) in [6, 6.07) is 6.46. The molecule has 0 amide bonds. The van der Waals surface area contributed by atoms with Gasteiger partial charge in [-0.3, -0.25) is 0 Å². The van der Waals surface area contributed by atoms with Crippen LogP contribution in [0.4, 0.5) is 0 Å². The van der Waals surface area contributed by atoms with Crippen molar-refractivity contribution in [2.75, 3.05) is 0 Å². The molecule has 1 aromatic rings. The first-order valence-electron chi connectivity index (χ1n) is 6.71. The summed E-state index contributed by atoms with van der Waals surface area (Å²) in [5.74, 6) is 0.935. The molecule has 1 spiro atoms. The normalized spacial score (nSPS) is 33.9. The van der Waals surface area contributed by atoms with E-state index in [2.05, 4.69) is 18.2 Å². The summed E-state index contributed by atoms with van der Waals surface area (Å²) >= 11 is 6.30. The van der Waals surface area contributed by atoms with Gasteiger partial charge in [-0.25, -0.2) is 0 Å². The average Bonchev–Trinajstić information content (AvgIpc) is 2.89. The van der Waals surface area contributed by atoms with E-state index < -0.39 is 0 Å². The molecule has 0 heterocycles. The molecule has 0 aromatic heterocycles. The van der Waals surface area contributed by atoms with Gasteiger partial charge < -0.3 is 0 Å². The quantitative estimate of drug-likeness (QED) is 0.587. The number of rotatable bonds is 0. The van der Waals surface area contributed by atoms with Gasteiger partial charge in [0.2, 0.25) is 0 Å². The van der Waals surface area contributed by atoms with Crippen molar-refractivity contribution in [2.24, 2.45) is 11.3 Å². The summed E-state index contributed by atoms with van der Waals surface area (Å²) in [5.41, 5.74) is 5.29. The van der Waals surface area contributed by atoms with Crippen LogP contribution in [0.3, 0.4) is 0 Å². The Morgan fingerprint density at radius 3 is 2.94 bits per heavy atom. The Hall–Kier alpha value is -0.750. The zero-order valence-corrected chi connectivity index (χ0v) is 10.8. The second kappa shape index (κ2) is 3.38. The van der Waals surface area contributed by atoms with Crippen LogP contribution in [0.15, 0.2) is 29.8 Å². The first-order valence-corrected chi connectivity index (χ1v) is 7.09. The molecule has 1 saturated carbocycles. The van der Waals surface area contributed by atoms with Crippen molar-refractivity contribution in [3.05, 3.63) is 46.0 Å². The van der Waals surface area contributed by atoms with Crippen LogP contribution in [0.2, 0.25) is 5.02 Å². The maximum atomic E-state index is 6.30. The van der Waals surface area contributed by atoms with E-state index in [0.717, 1.165) is 10.9 Å². The number of hydrogen-bond donors (Lipinski definition) is 0. The van der Waals surface area contributed by atoms with Crippen LogP contribution in [-0.2, 0) is 12.8 Å². The molecule has 0 nitrogen and oxygen atoms in total. The van der Waals surface area contributed by atoms with Crippen molar-refractivity contribution in [1.29, 1.82) is 0 Å². The molecule has 2 bridgehead atoms. The minimum Gasteiger partial charge on any atom is -0.0850 e. The lowest BCUT2D eigenvalue weighted by Gasteiger charge is -2.40. The summed E-state index contributed by atoms with van der Waals surface area (Å²) < 4.78 is 0. The highest BCUT2D eigenvalue weighted by Gasteiger charge is 2.48. The molecule has 0 N–H and O–H groups in total. The fourth-order valence-electron chi connectivity index (χ4n) is 4.39. The van der Waals surface area contributed by atoms with Crippen LogP contribution in [-0.4, -0.2) is 0 Å². The number of benzene rings is 1. The average molecular weight is 245 g/mol. The summed E-state index contributed by atoms with van der Waals surface area (Å²) in [5, 5.41) is 0.986. The Labute approximate surface area is 108 Å². The summed E-state index contributed by atoms with van der Waals surface area (Å²) in [4.78, 5) is 0. The molecule has 4 rings (SSSR count). The van der Waals surface area contributed by atoms with Gasteiger partial charge in [0, 0.05) is 5.02 Å². The van der Waals surface area contributed by atoms with Crippen molar-refractivity contribution in [3.8, 4) is 0 Å². The molecule has 1 aromatic carbocycles. The Morgan fingerprint density at radius 1 is 1.24 bits per heavy atom. The van der Waals surface area contributed by atoms with Gasteiger partial charge >= 0.3 is 0 Å². The SMILES string of the molecule is Clc1cccc2c1CCC1(CC3=CCC1C3)C2. The van der Waals surface area contributed by atoms with Crippen molar-refractivity contribution in [1.82, 2.24) is 0 Å². The van der Waals surface area contributed by atoms with Gasteiger partial charge in [-0.2, -0.15) is 0 Å². The Balaban J connectivity index is 1.74. The Kier molecular flexibility index (Phi) is 2.03. The van der Waals surface area contributed by atoms with E-state index in [9.17, 15) is 0 Å². The van der Waals surface area contributed by atoms with Crippen LogP contribution in [0, 0.1) is 11.3 Å². The van der Waals surface area contributed by atoms with Crippen LogP contribution in [0.25, 0.3) is 0 Å². The minimum absolute atomic E-state index is 0.599. The largest absolute Gasteiger partial charge is 0.0850 e. The third kappa shape index (κ3) is 1.37. The van der Waals surface area contributed by atoms with E-state index in [-0.39, 0.29) is 0 Å². The highest BCUT2D eigenvalue weighted by atomic mass is 35.5. The maximum Gasteiger partial charge on any atom is 0.0440 e. The molecule has 1 heteroatoms. The fraction of sp³-hybridized carbons (Fsp3) is 0.500. The number of fused-ring (bicyclic) bond motifs is 4. The molecule has 0 saturated heterocycles. The molecule has 3 aliphatic carbocycles. The van der Waals surface area contributed by atoms with Crippen LogP contribution >= 0.6 is 11.6 Å². The van der Waals surface area contributed by atoms with Crippen molar-refractivity contribution < 1.29 is 0 Å². The van der Waals surface area contributed by atoms with Gasteiger partial charge in [0.25, 0.3) is 0 Å². The molecule has 1 fully saturated rings. The number of hydrogen-bond acceptors (Lipinski definition) is 0. The summed E-state index contributed by atoms with van der Waals surface area (Å²) in [6.45, 7) is 0. The molecular formula is C16H17Cl. The Morgan fingerprint density at radius 2 is 2.18 bits per heavy atom. The van der Waals surface area contributed by atoms with Gasteiger partial charge in [-0.15, -0.1) is 0 Å². The Bertz CT molecular complexity index is 514. The van der Waals surface area contributed by atoms with Gasteiger partial charge in [-0.05, 0) is 67.1 Å². The predicted octanol–water partition coefficient (Wildman–Crippen LogP) is 4.56. The topological polar surface area (TPSA) is 0 Å². The molecule has 0 radical (unpaired) electrons. The van der Waals surface area contributed by atoms with Crippen molar-refractivity contribution in [3.63, 3.8) is 0 Å². The monoisotopic (exact) mass is 244 g/mol. The fourth-order valence-corrected chi connectivity index (χ4v) is 4.68. The molecule has 88 valence electrons.